The predicted molar refractivity (Wildman–Crippen MR) is 76.8 cm³/mol. The molecule has 1 fully saturated rings. The van der Waals surface area contributed by atoms with Crippen molar-refractivity contribution in [3.8, 4) is 5.75 Å². The van der Waals surface area contributed by atoms with Gasteiger partial charge in [-0.25, -0.2) is 8.42 Å². The maximum Gasteiger partial charge on any atom is 0.322 e. The first-order valence-corrected chi connectivity index (χ1v) is 8.38. The van der Waals surface area contributed by atoms with Crippen LogP contribution in [0.1, 0.15) is 26.2 Å². The van der Waals surface area contributed by atoms with Gasteiger partial charge in [0, 0.05) is 6.54 Å². The van der Waals surface area contributed by atoms with E-state index in [4.69, 9.17) is 9.84 Å². The quantitative estimate of drug-likeness (QED) is 0.864. The topological polar surface area (TPSA) is 83.9 Å². The predicted octanol–water partition coefficient (Wildman–Crippen LogP) is 1.71. The van der Waals surface area contributed by atoms with Gasteiger partial charge in [-0.2, -0.15) is 4.31 Å². The van der Waals surface area contributed by atoms with Gasteiger partial charge in [-0.3, -0.25) is 4.79 Å². The second-order valence-electron chi connectivity index (χ2n) is 4.93. The smallest absolute Gasteiger partial charge is 0.322 e. The molecule has 1 atom stereocenters. The first kappa shape index (κ1) is 15.8. The van der Waals surface area contributed by atoms with Gasteiger partial charge in [0.25, 0.3) is 0 Å². The van der Waals surface area contributed by atoms with Crippen molar-refractivity contribution in [2.45, 2.75) is 37.1 Å². The summed E-state index contributed by atoms with van der Waals surface area (Å²) in [5, 5.41) is 9.11. The minimum Gasteiger partial charge on any atom is -0.494 e. The Hall–Kier alpha value is -1.60. The van der Waals surface area contributed by atoms with Gasteiger partial charge >= 0.3 is 5.97 Å². The van der Waals surface area contributed by atoms with E-state index in [0.29, 0.717) is 25.2 Å². The molecule has 0 unspecified atom stereocenters. The molecule has 1 aromatic rings. The van der Waals surface area contributed by atoms with E-state index in [-0.39, 0.29) is 11.4 Å². The lowest BCUT2D eigenvalue weighted by Gasteiger charge is -2.21. The Bertz CT molecular complexity index is 596. The Morgan fingerprint density at radius 1 is 1.38 bits per heavy atom. The van der Waals surface area contributed by atoms with Gasteiger partial charge in [0.2, 0.25) is 10.0 Å². The molecule has 1 aromatic carbocycles. The van der Waals surface area contributed by atoms with Gasteiger partial charge in [0.05, 0.1) is 11.5 Å². The third kappa shape index (κ3) is 3.36. The zero-order valence-corrected chi connectivity index (χ0v) is 12.7. The van der Waals surface area contributed by atoms with E-state index in [9.17, 15) is 13.2 Å². The molecule has 0 aromatic heterocycles. The lowest BCUT2D eigenvalue weighted by atomic mass is 10.2. The van der Waals surface area contributed by atoms with Gasteiger partial charge in [0.15, 0.2) is 0 Å². The summed E-state index contributed by atoms with van der Waals surface area (Å²) in [5.74, 6) is -0.494. The first-order valence-electron chi connectivity index (χ1n) is 6.94. The Balaban J connectivity index is 2.21. The lowest BCUT2D eigenvalue weighted by molar-refractivity contribution is -0.140. The third-order valence-corrected chi connectivity index (χ3v) is 5.31. The average molecular weight is 313 g/mol. The highest BCUT2D eigenvalue weighted by atomic mass is 32.2. The SMILES string of the molecule is CCCOc1ccc(S(=O)(=O)N2CCC[C@H]2C(=O)O)cc1. The lowest BCUT2D eigenvalue weighted by Crippen LogP contribution is -2.40. The summed E-state index contributed by atoms with van der Waals surface area (Å²) in [6.45, 7) is 2.80. The van der Waals surface area contributed by atoms with Crippen molar-refractivity contribution in [1.82, 2.24) is 4.31 Å². The minimum absolute atomic E-state index is 0.0968. The highest BCUT2D eigenvalue weighted by molar-refractivity contribution is 7.89. The number of carbonyl (C=O) groups is 1. The molecule has 0 spiro atoms. The standard InChI is InChI=1S/C14H19NO5S/c1-2-10-20-11-5-7-12(8-6-11)21(18,19)15-9-3-4-13(15)14(16)17/h5-8,13H,2-4,9-10H2,1H3,(H,16,17)/t13-/m0/s1. The summed E-state index contributed by atoms with van der Waals surface area (Å²) < 4.78 is 31.5. The molecule has 6 nitrogen and oxygen atoms in total. The Kier molecular flexibility index (Phi) is 4.84. The maximum atomic E-state index is 12.5. The third-order valence-electron chi connectivity index (χ3n) is 3.39. The van der Waals surface area contributed by atoms with E-state index in [1.165, 1.54) is 12.1 Å². The molecule has 0 aliphatic carbocycles. The molecule has 21 heavy (non-hydrogen) atoms. The molecule has 1 heterocycles. The first-order chi connectivity index (χ1) is 9.96. The Morgan fingerprint density at radius 3 is 2.62 bits per heavy atom. The number of carboxylic acids is 1. The number of benzene rings is 1. The summed E-state index contributed by atoms with van der Waals surface area (Å²) in [7, 11) is -3.77. The molecule has 1 N–H and O–H groups in total. The highest BCUT2D eigenvalue weighted by Crippen LogP contribution is 2.27. The number of carboxylic acid groups (broad SMARTS) is 1. The molecule has 116 valence electrons. The number of sulfonamides is 1. The van der Waals surface area contributed by atoms with Gasteiger partial charge in [-0.15, -0.1) is 0 Å². The second-order valence-corrected chi connectivity index (χ2v) is 6.82. The van der Waals surface area contributed by atoms with Gasteiger partial charge in [0.1, 0.15) is 11.8 Å². The molecule has 7 heteroatoms. The Morgan fingerprint density at radius 2 is 2.05 bits per heavy atom. The number of ether oxygens (including phenoxy) is 1. The molecule has 1 saturated heterocycles. The molecule has 0 amide bonds. The summed E-state index contributed by atoms with van der Waals surface area (Å²) in [5.41, 5.74) is 0. The number of hydrogen-bond donors (Lipinski definition) is 1. The number of rotatable bonds is 6. The zero-order chi connectivity index (χ0) is 15.5. The molecule has 0 radical (unpaired) electrons. The van der Waals surface area contributed by atoms with Gasteiger partial charge in [-0.05, 0) is 43.5 Å². The summed E-state index contributed by atoms with van der Waals surface area (Å²) in [4.78, 5) is 11.2. The van der Waals surface area contributed by atoms with Crippen LogP contribution in [0.15, 0.2) is 29.2 Å². The van der Waals surface area contributed by atoms with Crippen molar-refractivity contribution in [3.05, 3.63) is 24.3 Å². The fourth-order valence-corrected chi connectivity index (χ4v) is 3.99. The molecular weight excluding hydrogens is 294 g/mol. The van der Waals surface area contributed by atoms with Crippen LogP contribution in [0.3, 0.4) is 0 Å². The number of aliphatic carboxylic acids is 1. The summed E-state index contributed by atoms with van der Waals surface area (Å²) in [6.07, 6.45) is 1.79. The highest BCUT2D eigenvalue weighted by Gasteiger charge is 2.39. The van der Waals surface area contributed by atoms with Crippen molar-refractivity contribution in [2.24, 2.45) is 0 Å². The fourth-order valence-electron chi connectivity index (χ4n) is 2.34. The van der Waals surface area contributed by atoms with Gasteiger partial charge < -0.3 is 9.84 Å². The van der Waals surface area contributed by atoms with Crippen molar-refractivity contribution in [1.29, 1.82) is 0 Å². The minimum atomic E-state index is -3.77. The molecule has 0 saturated carbocycles. The van der Waals surface area contributed by atoms with Gasteiger partial charge in [-0.1, -0.05) is 6.92 Å². The molecule has 0 bridgehead atoms. The van der Waals surface area contributed by atoms with E-state index in [0.717, 1.165) is 10.7 Å². The summed E-state index contributed by atoms with van der Waals surface area (Å²) >= 11 is 0. The van der Waals surface area contributed by atoms with Crippen LogP contribution in [0.25, 0.3) is 0 Å². The van der Waals surface area contributed by atoms with E-state index in [1.807, 2.05) is 6.92 Å². The molecule has 1 aliphatic heterocycles. The van der Waals surface area contributed by atoms with Crippen LogP contribution in [0, 0.1) is 0 Å². The second kappa shape index (κ2) is 6.44. The number of hydrogen-bond acceptors (Lipinski definition) is 4. The van der Waals surface area contributed by atoms with Crippen LogP contribution in [0.4, 0.5) is 0 Å². The molecule has 2 rings (SSSR count). The maximum absolute atomic E-state index is 12.5. The van der Waals surface area contributed by atoms with E-state index < -0.39 is 22.0 Å². The fraction of sp³-hybridized carbons (Fsp3) is 0.500. The van der Waals surface area contributed by atoms with Crippen LogP contribution in [-0.4, -0.2) is 43.0 Å². The Labute approximate surface area is 124 Å². The van der Waals surface area contributed by atoms with Crippen molar-refractivity contribution >= 4 is 16.0 Å². The monoisotopic (exact) mass is 313 g/mol. The van der Waals surface area contributed by atoms with Crippen LogP contribution in [0.5, 0.6) is 5.75 Å². The summed E-state index contributed by atoms with van der Waals surface area (Å²) in [6, 6.07) is 5.13. The van der Waals surface area contributed by atoms with Crippen molar-refractivity contribution in [2.75, 3.05) is 13.2 Å². The van der Waals surface area contributed by atoms with E-state index in [1.54, 1.807) is 12.1 Å². The largest absolute Gasteiger partial charge is 0.494 e. The van der Waals surface area contributed by atoms with Crippen molar-refractivity contribution < 1.29 is 23.1 Å². The van der Waals surface area contributed by atoms with Crippen molar-refractivity contribution in [3.63, 3.8) is 0 Å². The molecule has 1 aliphatic rings. The van der Waals surface area contributed by atoms with Crippen LogP contribution in [-0.2, 0) is 14.8 Å². The number of nitrogens with zero attached hydrogens (tertiary/aromatic N) is 1. The van der Waals surface area contributed by atoms with E-state index >= 15 is 0 Å². The normalized spacial score (nSPS) is 19.6. The zero-order valence-electron chi connectivity index (χ0n) is 11.9. The average Bonchev–Trinajstić information content (AvgIpc) is 2.96. The molecular formula is C14H19NO5S. The van der Waals surface area contributed by atoms with E-state index in [2.05, 4.69) is 0 Å². The van der Waals surface area contributed by atoms with Crippen LogP contribution >= 0.6 is 0 Å². The van der Waals surface area contributed by atoms with Crippen LogP contribution < -0.4 is 4.74 Å². The van der Waals surface area contributed by atoms with Crippen LogP contribution in [0.2, 0.25) is 0 Å².